The van der Waals surface area contributed by atoms with E-state index in [0.717, 1.165) is 64.6 Å². The van der Waals surface area contributed by atoms with Gasteiger partial charge in [0.1, 0.15) is 0 Å². The number of aromatic nitrogens is 3. The maximum Gasteiger partial charge on any atom is 0.254 e. The van der Waals surface area contributed by atoms with Gasteiger partial charge in [-0.25, -0.2) is 4.98 Å². The first kappa shape index (κ1) is 22.6. The Labute approximate surface area is 204 Å². The van der Waals surface area contributed by atoms with Gasteiger partial charge in [-0.3, -0.25) is 14.4 Å². The Morgan fingerprint density at radius 3 is 2.50 bits per heavy atom. The monoisotopic (exact) mass is 473 g/mol. The third kappa shape index (κ3) is 4.43. The molecule has 0 spiro atoms. The Hall–Kier alpha value is -3.22. The third-order valence-electron chi connectivity index (χ3n) is 6.50. The molecule has 2 aromatic carbocycles. The average Bonchev–Trinajstić information content (AvgIpc) is 3.25. The van der Waals surface area contributed by atoms with E-state index in [2.05, 4.69) is 23.0 Å². The summed E-state index contributed by atoms with van der Waals surface area (Å²) in [6, 6.07) is 17.8. The first-order chi connectivity index (χ1) is 16.5. The van der Waals surface area contributed by atoms with Crippen LogP contribution in [0, 0.1) is 6.92 Å². The third-order valence-corrected chi connectivity index (χ3v) is 6.87. The van der Waals surface area contributed by atoms with E-state index in [1.165, 1.54) is 0 Å². The molecule has 6 nitrogen and oxygen atoms in total. The van der Waals surface area contributed by atoms with Crippen molar-refractivity contribution in [3.05, 3.63) is 82.6 Å². The normalized spacial score (nSPS) is 14.6. The Morgan fingerprint density at radius 2 is 1.76 bits per heavy atom. The molecule has 3 heterocycles. The summed E-state index contributed by atoms with van der Waals surface area (Å²) in [5, 5.41) is 6.24. The maximum absolute atomic E-state index is 13.7. The lowest BCUT2D eigenvalue weighted by Gasteiger charge is -2.35. The molecule has 7 heteroatoms. The molecule has 1 amide bonds. The minimum atomic E-state index is 0.0535. The van der Waals surface area contributed by atoms with Crippen LogP contribution in [0.25, 0.3) is 22.2 Å². The first-order valence-corrected chi connectivity index (χ1v) is 12.1. The summed E-state index contributed by atoms with van der Waals surface area (Å²) in [6.07, 6.45) is 2.01. The van der Waals surface area contributed by atoms with Crippen molar-refractivity contribution in [1.82, 2.24) is 24.6 Å². The number of piperazine rings is 1. The van der Waals surface area contributed by atoms with E-state index in [4.69, 9.17) is 16.6 Å². The molecule has 0 N–H and O–H groups in total. The van der Waals surface area contributed by atoms with Crippen LogP contribution >= 0.6 is 11.6 Å². The number of pyridine rings is 1. The summed E-state index contributed by atoms with van der Waals surface area (Å²) in [6.45, 7) is 8.63. The zero-order valence-electron chi connectivity index (χ0n) is 19.5. The van der Waals surface area contributed by atoms with Crippen molar-refractivity contribution >= 4 is 28.4 Å². The molecule has 0 radical (unpaired) electrons. The highest BCUT2D eigenvalue weighted by molar-refractivity contribution is 6.31. The minimum absolute atomic E-state index is 0.0535. The second-order valence-corrected chi connectivity index (χ2v) is 9.12. The summed E-state index contributed by atoms with van der Waals surface area (Å²) in [7, 11) is 0. The van der Waals surface area contributed by atoms with Gasteiger partial charge in [0.25, 0.3) is 5.91 Å². The van der Waals surface area contributed by atoms with Gasteiger partial charge in [0.05, 0.1) is 22.5 Å². The summed E-state index contributed by atoms with van der Waals surface area (Å²) in [4.78, 5) is 22.9. The number of rotatable bonds is 5. The Balaban J connectivity index is 1.40. The molecule has 2 aromatic heterocycles. The number of para-hydroxylation sites is 1. The molecule has 1 aliphatic heterocycles. The van der Waals surface area contributed by atoms with E-state index in [0.29, 0.717) is 18.7 Å². The Bertz CT molecular complexity index is 1340. The van der Waals surface area contributed by atoms with E-state index >= 15 is 0 Å². The van der Waals surface area contributed by atoms with Crippen molar-refractivity contribution in [3.8, 4) is 11.3 Å². The zero-order chi connectivity index (χ0) is 23.7. The van der Waals surface area contributed by atoms with Crippen molar-refractivity contribution in [2.45, 2.75) is 26.9 Å². The molecule has 1 aliphatic rings. The number of fused-ring (bicyclic) bond motifs is 1. The molecule has 5 rings (SSSR count). The van der Waals surface area contributed by atoms with Crippen LogP contribution in [-0.2, 0) is 13.1 Å². The molecule has 0 aliphatic carbocycles. The number of aryl methyl sites for hydroxylation is 2. The lowest BCUT2D eigenvalue weighted by molar-refractivity contribution is 0.0630. The van der Waals surface area contributed by atoms with E-state index in [9.17, 15) is 4.79 Å². The largest absolute Gasteiger partial charge is 0.336 e. The maximum atomic E-state index is 13.7. The zero-order valence-corrected chi connectivity index (χ0v) is 20.3. The van der Waals surface area contributed by atoms with Crippen LogP contribution in [0.4, 0.5) is 0 Å². The van der Waals surface area contributed by atoms with Gasteiger partial charge in [-0.2, -0.15) is 5.10 Å². The van der Waals surface area contributed by atoms with Crippen LogP contribution in [0.1, 0.15) is 28.5 Å². The fourth-order valence-corrected chi connectivity index (χ4v) is 4.76. The van der Waals surface area contributed by atoms with E-state index in [1.54, 1.807) is 0 Å². The van der Waals surface area contributed by atoms with Crippen molar-refractivity contribution in [2.75, 3.05) is 26.2 Å². The summed E-state index contributed by atoms with van der Waals surface area (Å²) in [5.41, 5.74) is 5.31. The SMILES string of the molecule is CCn1cc(-c2cc(C(=O)N3CCN(Cc4ccccc4Cl)CC3)c3ccccc3n2)c(C)n1. The van der Waals surface area contributed by atoms with Gasteiger partial charge in [-0.05, 0) is 37.6 Å². The van der Waals surface area contributed by atoms with E-state index < -0.39 is 0 Å². The van der Waals surface area contributed by atoms with Gasteiger partial charge in [0.2, 0.25) is 0 Å². The number of benzene rings is 2. The summed E-state index contributed by atoms with van der Waals surface area (Å²) >= 11 is 6.34. The van der Waals surface area contributed by atoms with Crippen LogP contribution in [-0.4, -0.2) is 56.7 Å². The van der Waals surface area contributed by atoms with Gasteiger partial charge in [-0.15, -0.1) is 0 Å². The molecule has 174 valence electrons. The highest BCUT2D eigenvalue weighted by Crippen LogP contribution is 2.28. The van der Waals surface area contributed by atoms with Crippen LogP contribution in [0.2, 0.25) is 5.02 Å². The lowest BCUT2D eigenvalue weighted by Crippen LogP contribution is -2.48. The highest BCUT2D eigenvalue weighted by Gasteiger charge is 2.25. The summed E-state index contributed by atoms with van der Waals surface area (Å²) < 4.78 is 1.90. The van der Waals surface area contributed by atoms with Gasteiger partial charge in [-0.1, -0.05) is 48.0 Å². The Morgan fingerprint density at radius 1 is 1.03 bits per heavy atom. The first-order valence-electron chi connectivity index (χ1n) is 11.7. The molecule has 34 heavy (non-hydrogen) atoms. The van der Waals surface area contributed by atoms with E-state index in [-0.39, 0.29) is 5.91 Å². The average molecular weight is 474 g/mol. The van der Waals surface area contributed by atoms with E-state index in [1.807, 2.05) is 71.2 Å². The molecule has 1 saturated heterocycles. The second-order valence-electron chi connectivity index (χ2n) is 8.72. The van der Waals surface area contributed by atoms with Crippen molar-refractivity contribution in [1.29, 1.82) is 0 Å². The topological polar surface area (TPSA) is 54.3 Å². The summed E-state index contributed by atoms with van der Waals surface area (Å²) in [5.74, 6) is 0.0535. The number of hydrogen-bond donors (Lipinski definition) is 0. The highest BCUT2D eigenvalue weighted by atomic mass is 35.5. The number of amides is 1. The molecular weight excluding hydrogens is 446 g/mol. The predicted molar refractivity (Wildman–Crippen MR) is 136 cm³/mol. The standard InChI is InChI=1S/C27H28ClN5O/c1-3-33-18-23(19(2)30-33)26-16-22(21-9-5-7-11-25(21)29-26)27(34)32-14-12-31(13-15-32)17-20-8-4-6-10-24(20)28/h4-11,16,18H,3,12-15,17H2,1-2H3. The van der Waals surface area contributed by atoms with Gasteiger partial charge in [0, 0.05) is 61.4 Å². The van der Waals surface area contributed by atoms with Gasteiger partial charge < -0.3 is 4.90 Å². The number of carbonyl (C=O) groups excluding carboxylic acids is 1. The number of halogens is 1. The molecule has 0 atom stereocenters. The van der Waals surface area contributed by atoms with Crippen LogP contribution in [0.3, 0.4) is 0 Å². The molecule has 0 unspecified atom stereocenters. The van der Waals surface area contributed by atoms with Crippen molar-refractivity contribution in [2.24, 2.45) is 0 Å². The lowest BCUT2D eigenvalue weighted by atomic mass is 10.0. The Kier molecular flexibility index (Phi) is 6.35. The van der Waals surface area contributed by atoms with Crippen molar-refractivity contribution < 1.29 is 4.79 Å². The molecule has 1 fully saturated rings. The molecule has 0 saturated carbocycles. The molecule has 4 aromatic rings. The van der Waals surface area contributed by atoms with Gasteiger partial charge in [0.15, 0.2) is 0 Å². The fraction of sp³-hybridized carbons (Fsp3) is 0.296. The van der Waals surface area contributed by atoms with Crippen molar-refractivity contribution in [3.63, 3.8) is 0 Å². The van der Waals surface area contributed by atoms with Crippen LogP contribution in [0.15, 0.2) is 60.8 Å². The van der Waals surface area contributed by atoms with Crippen LogP contribution in [0.5, 0.6) is 0 Å². The minimum Gasteiger partial charge on any atom is -0.336 e. The molecular formula is C27H28ClN5O. The molecule has 0 bridgehead atoms. The number of hydrogen-bond acceptors (Lipinski definition) is 4. The fourth-order valence-electron chi connectivity index (χ4n) is 4.57. The van der Waals surface area contributed by atoms with Crippen LogP contribution < -0.4 is 0 Å². The smallest absolute Gasteiger partial charge is 0.254 e. The van der Waals surface area contributed by atoms with Gasteiger partial charge >= 0.3 is 0 Å². The second kappa shape index (κ2) is 9.57. The number of carbonyl (C=O) groups is 1. The quantitative estimate of drug-likeness (QED) is 0.407. The predicted octanol–water partition coefficient (Wildman–Crippen LogP) is 5.04. The number of nitrogens with zero attached hydrogens (tertiary/aromatic N) is 5.